The molecule has 0 aliphatic heterocycles. The van der Waals surface area contributed by atoms with Gasteiger partial charge in [0.05, 0.1) is 10.8 Å². The standard InChI is InChI=1S/C30H44O5/c1-6-26(2,3)24(32)35-30-15-21-13-28(17-30,14-22(16-30)23(21)31)25(33)34-27(4,5)29-10-18-7-19(11-29)9-20(8-18)12-29/h18-22H,6-17H2,1-5H3. The normalized spacial score (nSPS) is 45.6. The third-order valence-electron chi connectivity index (χ3n) is 11.8. The Labute approximate surface area is 210 Å². The molecule has 0 saturated heterocycles. The summed E-state index contributed by atoms with van der Waals surface area (Å²) < 4.78 is 12.9. The number of esters is 2. The fraction of sp³-hybridized carbons (Fsp3) is 0.900. The second-order valence-corrected chi connectivity index (χ2v) is 15.0. The molecular formula is C30H44O5. The molecule has 8 saturated carbocycles. The number of hydrogen-bond donors (Lipinski definition) is 0. The molecule has 5 nitrogen and oxygen atoms in total. The van der Waals surface area contributed by atoms with E-state index < -0.39 is 22.0 Å². The minimum Gasteiger partial charge on any atom is -0.459 e. The first-order valence-corrected chi connectivity index (χ1v) is 14.3. The third-order valence-corrected chi connectivity index (χ3v) is 11.8. The zero-order chi connectivity index (χ0) is 25.0. The van der Waals surface area contributed by atoms with Crippen molar-refractivity contribution >= 4 is 17.7 Å². The molecule has 0 amide bonds. The van der Waals surface area contributed by atoms with E-state index in [1.54, 1.807) is 0 Å². The second kappa shape index (κ2) is 7.34. The number of rotatable bonds is 6. The van der Waals surface area contributed by atoms with Gasteiger partial charge in [0.25, 0.3) is 0 Å². The van der Waals surface area contributed by atoms with Crippen LogP contribution in [0, 0.1) is 45.8 Å². The lowest BCUT2D eigenvalue weighted by Gasteiger charge is -2.63. The van der Waals surface area contributed by atoms with Gasteiger partial charge in [-0.2, -0.15) is 0 Å². The third kappa shape index (κ3) is 3.49. The van der Waals surface area contributed by atoms with Crippen LogP contribution in [0.5, 0.6) is 0 Å². The van der Waals surface area contributed by atoms with Crippen molar-refractivity contribution in [2.75, 3.05) is 0 Å². The van der Waals surface area contributed by atoms with Crippen LogP contribution in [0.25, 0.3) is 0 Å². The van der Waals surface area contributed by atoms with Gasteiger partial charge >= 0.3 is 11.9 Å². The van der Waals surface area contributed by atoms with Gasteiger partial charge in [0.1, 0.15) is 17.0 Å². The molecule has 5 heteroatoms. The molecule has 0 spiro atoms. The summed E-state index contributed by atoms with van der Waals surface area (Å²) >= 11 is 0. The van der Waals surface area contributed by atoms with Crippen molar-refractivity contribution in [2.24, 2.45) is 45.8 Å². The molecule has 8 bridgehead atoms. The molecule has 8 aliphatic rings. The summed E-state index contributed by atoms with van der Waals surface area (Å²) in [6.45, 7) is 10.1. The molecule has 2 unspecified atom stereocenters. The molecule has 0 aromatic carbocycles. The molecule has 8 aliphatic carbocycles. The van der Waals surface area contributed by atoms with E-state index in [1.807, 2.05) is 20.8 Å². The summed E-state index contributed by atoms with van der Waals surface area (Å²) in [5, 5.41) is 0. The van der Waals surface area contributed by atoms with Gasteiger partial charge in [-0.1, -0.05) is 6.92 Å². The van der Waals surface area contributed by atoms with Crippen molar-refractivity contribution in [3.63, 3.8) is 0 Å². The largest absolute Gasteiger partial charge is 0.459 e. The first-order chi connectivity index (χ1) is 16.3. The average Bonchev–Trinajstić information content (AvgIpc) is 2.75. The molecule has 0 aromatic rings. The molecule has 0 N–H and O–H groups in total. The fourth-order valence-corrected chi connectivity index (χ4v) is 9.93. The van der Waals surface area contributed by atoms with Crippen LogP contribution in [0.1, 0.15) is 112 Å². The van der Waals surface area contributed by atoms with Gasteiger partial charge in [0, 0.05) is 23.7 Å². The Bertz CT molecular complexity index is 905. The Morgan fingerprint density at radius 1 is 0.857 bits per heavy atom. The van der Waals surface area contributed by atoms with Crippen molar-refractivity contribution in [1.82, 2.24) is 0 Å². The van der Waals surface area contributed by atoms with E-state index in [0.29, 0.717) is 38.5 Å². The van der Waals surface area contributed by atoms with Crippen LogP contribution in [0.15, 0.2) is 0 Å². The van der Waals surface area contributed by atoms with E-state index in [0.717, 1.165) is 17.8 Å². The Kier molecular flexibility index (Phi) is 5.03. The number of carbonyl (C=O) groups is 3. The molecular weight excluding hydrogens is 440 g/mol. The molecule has 2 atom stereocenters. The lowest BCUT2D eigenvalue weighted by Crippen LogP contribution is -2.65. The Morgan fingerprint density at radius 3 is 1.86 bits per heavy atom. The quantitative estimate of drug-likeness (QED) is 0.431. The van der Waals surface area contributed by atoms with Crippen molar-refractivity contribution in [2.45, 2.75) is 123 Å². The highest BCUT2D eigenvalue weighted by Gasteiger charge is 2.67. The van der Waals surface area contributed by atoms with Crippen LogP contribution in [0.4, 0.5) is 0 Å². The summed E-state index contributed by atoms with van der Waals surface area (Å²) in [7, 11) is 0. The highest BCUT2D eigenvalue weighted by molar-refractivity contribution is 5.90. The Morgan fingerprint density at radius 2 is 1.37 bits per heavy atom. The van der Waals surface area contributed by atoms with Crippen molar-refractivity contribution < 1.29 is 23.9 Å². The molecule has 35 heavy (non-hydrogen) atoms. The van der Waals surface area contributed by atoms with Gasteiger partial charge in [0.15, 0.2) is 0 Å². The molecule has 194 valence electrons. The second-order valence-electron chi connectivity index (χ2n) is 15.0. The summed E-state index contributed by atoms with van der Waals surface area (Å²) in [5.74, 6) is 1.94. The predicted molar refractivity (Wildman–Crippen MR) is 131 cm³/mol. The van der Waals surface area contributed by atoms with Crippen molar-refractivity contribution in [3.8, 4) is 0 Å². The zero-order valence-corrected chi connectivity index (χ0v) is 22.4. The molecule has 0 aromatic heterocycles. The number of ketones is 1. The predicted octanol–water partition coefficient (Wildman–Crippen LogP) is 6.02. The van der Waals surface area contributed by atoms with E-state index in [2.05, 4.69) is 13.8 Å². The first kappa shape index (κ1) is 24.0. The molecule has 8 rings (SSSR count). The van der Waals surface area contributed by atoms with Gasteiger partial charge in [0.2, 0.25) is 0 Å². The lowest BCUT2D eigenvalue weighted by molar-refractivity contribution is -0.232. The van der Waals surface area contributed by atoms with Crippen molar-refractivity contribution in [1.29, 1.82) is 0 Å². The summed E-state index contributed by atoms with van der Waals surface area (Å²) in [6.07, 6.45) is 11.1. The van der Waals surface area contributed by atoms with Crippen LogP contribution >= 0.6 is 0 Å². The molecule has 0 radical (unpaired) electrons. The van der Waals surface area contributed by atoms with E-state index in [9.17, 15) is 14.4 Å². The van der Waals surface area contributed by atoms with Gasteiger partial charge in [-0.05, 0) is 116 Å². The van der Waals surface area contributed by atoms with Gasteiger partial charge in [-0.3, -0.25) is 14.4 Å². The average molecular weight is 485 g/mol. The van der Waals surface area contributed by atoms with E-state index in [-0.39, 0.29) is 35.0 Å². The first-order valence-electron chi connectivity index (χ1n) is 14.3. The van der Waals surface area contributed by atoms with Gasteiger partial charge < -0.3 is 9.47 Å². The number of hydrogen-bond acceptors (Lipinski definition) is 5. The maximum absolute atomic E-state index is 14.1. The summed E-state index contributed by atoms with van der Waals surface area (Å²) in [6, 6.07) is 0. The van der Waals surface area contributed by atoms with Crippen LogP contribution < -0.4 is 0 Å². The van der Waals surface area contributed by atoms with Crippen LogP contribution in [-0.2, 0) is 23.9 Å². The maximum atomic E-state index is 14.1. The smallest absolute Gasteiger partial charge is 0.312 e. The highest BCUT2D eigenvalue weighted by atomic mass is 16.6. The molecule has 0 heterocycles. The Hall–Kier alpha value is -1.39. The number of ether oxygens (including phenoxy) is 2. The summed E-state index contributed by atoms with van der Waals surface area (Å²) in [5.41, 5.74) is -2.39. The molecule has 8 fully saturated rings. The highest BCUT2D eigenvalue weighted by Crippen LogP contribution is 2.66. The minimum absolute atomic E-state index is 0.0881. The van der Waals surface area contributed by atoms with Crippen LogP contribution in [0.2, 0.25) is 0 Å². The summed E-state index contributed by atoms with van der Waals surface area (Å²) in [4.78, 5) is 40.3. The monoisotopic (exact) mass is 484 g/mol. The van der Waals surface area contributed by atoms with Crippen LogP contribution in [0.3, 0.4) is 0 Å². The van der Waals surface area contributed by atoms with Crippen molar-refractivity contribution in [3.05, 3.63) is 0 Å². The maximum Gasteiger partial charge on any atom is 0.312 e. The SMILES string of the molecule is CCC(C)(C)C(=O)OC12CC3CC(C(=O)OC(C)(C)C45CC6CC(CC(C6)C4)C5)(CC(C1)C3=O)C2. The van der Waals surface area contributed by atoms with Gasteiger partial charge in [-0.15, -0.1) is 0 Å². The van der Waals surface area contributed by atoms with E-state index in [1.165, 1.54) is 38.5 Å². The Balaban J connectivity index is 1.25. The lowest BCUT2D eigenvalue weighted by atomic mass is 9.45. The number of carbonyl (C=O) groups excluding carboxylic acids is 3. The zero-order valence-electron chi connectivity index (χ0n) is 22.4. The van der Waals surface area contributed by atoms with E-state index >= 15 is 0 Å². The fourth-order valence-electron chi connectivity index (χ4n) is 9.93. The minimum atomic E-state index is -0.701. The van der Waals surface area contributed by atoms with Gasteiger partial charge in [-0.25, -0.2) is 0 Å². The van der Waals surface area contributed by atoms with E-state index in [4.69, 9.17) is 9.47 Å². The van der Waals surface area contributed by atoms with Crippen LogP contribution in [-0.4, -0.2) is 28.9 Å². The number of Topliss-reactive ketones (excluding diaryl/α,β-unsaturated/α-hetero) is 1. The topological polar surface area (TPSA) is 69.7 Å².